The molecule has 0 radical (unpaired) electrons. The van der Waals surface area contributed by atoms with E-state index < -0.39 is 0 Å². The number of rotatable bonds is 3. The van der Waals surface area contributed by atoms with Crippen molar-refractivity contribution in [2.75, 3.05) is 19.8 Å². The van der Waals surface area contributed by atoms with Crippen LogP contribution in [-0.4, -0.2) is 40.5 Å². The van der Waals surface area contributed by atoms with Gasteiger partial charge in [0.2, 0.25) is 5.91 Å². The molecule has 1 fully saturated rings. The van der Waals surface area contributed by atoms with Gasteiger partial charge in [-0.3, -0.25) is 4.79 Å². The molecule has 4 rings (SSSR count). The van der Waals surface area contributed by atoms with Gasteiger partial charge in [0.15, 0.2) is 0 Å². The van der Waals surface area contributed by atoms with Gasteiger partial charge >= 0.3 is 0 Å². The summed E-state index contributed by atoms with van der Waals surface area (Å²) < 4.78 is 5.58. The van der Waals surface area contributed by atoms with Gasteiger partial charge < -0.3 is 14.6 Å². The van der Waals surface area contributed by atoms with E-state index in [9.17, 15) is 4.79 Å². The second-order valence-electron chi connectivity index (χ2n) is 6.49. The van der Waals surface area contributed by atoms with Crippen LogP contribution in [0.2, 0.25) is 0 Å². The highest BCUT2D eigenvalue weighted by molar-refractivity contribution is 5.85. The third-order valence-electron chi connectivity index (χ3n) is 4.66. The monoisotopic (exact) mass is 335 g/mol. The highest BCUT2D eigenvalue weighted by Crippen LogP contribution is 2.23. The summed E-state index contributed by atoms with van der Waals surface area (Å²) in [4.78, 5) is 22.4. The quantitative estimate of drug-likeness (QED) is 0.800. The molecule has 5 nitrogen and oxygen atoms in total. The van der Waals surface area contributed by atoms with Gasteiger partial charge in [-0.2, -0.15) is 0 Å². The second kappa shape index (κ2) is 6.69. The Morgan fingerprint density at radius 3 is 2.92 bits per heavy atom. The molecule has 3 aromatic rings. The zero-order valence-electron chi connectivity index (χ0n) is 14.2. The third-order valence-corrected chi connectivity index (χ3v) is 4.66. The Morgan fingerprint density at radius 2 is 2.12 bits per heavy atom. The highest BCUT2D eigenvalue weighted by Gasteiger charge is 2.30. The van der Waals surface area contributed by atoms with E-state index in [0.717, 1.165) is 22.5 Å². The summed E-state index contributed by atoms with van der Waals surface area (Å²) in [5.74, 6) is 0.904. The Kier molecular flexibility index (Phi) is 4.24. The molecule has 0 spiro atoms. The molecule has 128 valence electrons. The standard InChI is InChI=1S/C20H21N3O2/c1-14-12-21-20(22-14)18-13-25-9-8-23(18)19(24)11-15-6-7-16-4-2-3-5-17(16)10-15/h2-7,10,12,18H,8-9,11,13H2,1H3,(H,21,22)/t18-/m1/s1. The minimum Gasteiger partial charge on any atom is -0.377 e. The number of carbonyl (C=O) groups excluding carboxylic acids is 1. The fourth-order valence-corrected chi connectivity index (χ4v) is 3.36. The number of aromatic nitrogens is 2. The van der Waals surface area contributed by atoms with Gasteiger partial charge in [-0.1, -0.05) is 42.5 Å². The van der Waals surface area contributed by atoms with Gasteiger partial charge in [0.05, 0.1) is 19.6 Å². The van der Waals surface area contributed by atoms with E-state index in [-0.39, 0.29) is 11.9 Å². The smallest absolute Gasteiger partial charge is 0.227 e. The Morgan fingerprint density at radius 1 is 1.28 bits per heavy atom. The summed E-state index contributed by atoms with van der Waals surface area (Å²) in [5, 5.41) is 2.35. The lowest BCUT2D eigenvalue weighted by molar-refractivity contribution is -0.139. The van der Waals surface area contributed by atoms with Gasteiger partial charge in [-0.05, 0) is 23.3 Å². The number of amides is 1. The number of nitrogens with zero attached hydrogens (tertiary/aromatic N) is 2. The number of H-pyrrole nitrogens is 1. The molecule has 0 aliphatic carbocycles. The zero-order chi connectivity index (χ0) is 17.2. The fourth-order valence-electron chi connectivity index (χ4n) is 3.36. The van der Waals surface area contributed by atoms with Crippen LogP contribution in [-0.2, 0) is 16.0 Å². The molecule has 1 amide bonds. The number of imidazole rings is 1. The van der Waals surface area contributed by atoms with E-state index in [4.69, 9.17) is 4.74 Å². The van der Waals surface area contributed by atoms with Crippen molar-refractivity contribution in [1.29, 1.82) is 0 Å². The summed E-state index contributed by atoms with van der Waals surface area (Å²) in [6.07, 6.45) is 2.18. The largest absolute Gasteiger partial charge is 0.377 e. The van der Waals surface area contributed by atoms with Gasteiger partial charge in [0.25, 0.3) is 0 Å². The maximum Gasteiger partial charge on any atom is 0.227 e. The number of aryl methyl sites for hydroxylation is 1. The van der Waals surface area contributed by atoms with Crippen LogP contribution in [0.15, 0.2) is 48.7 Å². The number of hydrogen-bond acceptors (Lipinski definition) is 3. The van der Waals surface area contributed by atoms with Gasteiger partial charge in [0.1, 0.15) is 11.9 Å². The lowest BCUT2D eigenvalue weighted by Crippen LogP contribution is -2.44. The molecule has 25 heavy (non-hydrogen) atoms. The van der Waals surface area contributed by atoms with E-state index >= 15 is 0 Å². The molecule has 1 aromatic heterocycles. The number of ether oxygens (including phenoxy) is 1. The molecule has 0 unspecified atom stereocenters. The van der Waals surface area contributed by atoms with E-state index in [1.807, 2.05) is 30.0 Å². The minimum atomic E-state index is -0.143. The first-order chi connectivity index (χ1) is 12.2. The van der Waals surface area contributed by atoms with Crippen molar-refractivity contribution in [2.24, 2.45) is 0 Å². The van der Waals surface area contributed by atoms with Crippen molar-refractivity contribution in [3.63, 3.8) is 0 Å². The number of aromatic amines is 1. The lowest BCUT2D eigenvalue weighted by atomic mass is 10.0. The van der Waals surface area contributed by atoms with Crippen molar-refractivity contribution in [3.05, 3.63) is 65.7 Å². The Labute approximate surface area is 146 Å². The summed E-state index contributed by atoms with van der Waals surface area (Å²) in [6, 6.07) is 14.3. The first-order valence-corrected chi connectivity index (χ1v) is 8.57. The van der Waals surface area contributed by atoms with Crippen LogP contribution in [0, 0.1) is 6.92 Å². The molecular weight excluding hydrogens is 314 g/mol. The molecule has 5 heteroatoms. The fraction of sp³-hybridized carbons (Fsp3) is 0.300. The van der Waals surface area contributed by atoms with Crippen LogP contribution >= 0.6 is 0 Å². The van der Waals surface area contributed by atoms with Crippen molar-refractivity contribution in [2.45, 2.75) is 19.4 Å². The molecule has 1 aliphatic rings. The third kappa shape index (κ3) is 3.28. The van der Waals surface area contributed by atoms with Crippen molar-refractivity contribution < 1.29 is 9.53 Å². The molecule has 0 bridgehead atoms. The van der Waals surface area contributed by atoms with Crippen LogP contribution < -0.4 is 0 Å². The van der Waals surface area contributed by atoms with Crippen molar-refractivity contribution in [3.8, 4) is 0 Å². The normalized spacial score (nSPS) is 17.8. The first-order valence-electron chi connectivity index (χ1n) is 8.57. The van der Waals surface area contributed by atoms with Crippen LogP contribution in [0.5, 0.6) is 0 Å². The molecule has 1 saturated heterocycles. The lowest BCUT2D eigenvalue weighted by Gasteiger charge is -2.34. The maximum absolute atomic E-state index is 12.9. The molecule has 2 aromatic carbocycles. The van der Waals surface area contributed by atoms with Crippen molar-refractivity contribution in [1.82, 2.24) is 14.9 Å². The number of hydrogen-bond donors (Lipinski definition) is 1. The molecule has 2 heterocycles. The SMILES string of the molecule is Cc1cnc([C@H]2COCCN2C(=O)Cc2ccc3ccccc3c2)[nH]1. The number of carbonyl (C=O) groups is 1. The predicted octanol–water partition coefficient (Wildman–Crippen LogP) is 3.01. The van der Waals surface area contributed by atoms with Gasteiger partial charge in [-0.25, -0.2) is 4.98 Å². The molecule has 1 N–H and O–H groups in total. The first kappa shape index (κ1) is 15.8. The number of morpholine rings is 1. The van der Waals surface area contributed by atoms with Crippen LogP contribution in [0.25, 0.3) is 10.8 Å². The van der Waals surface area contributed by atoms with Crippen molar-refractivity contribution >= 4 is 16.7 Å². The van der Waals surface area contributed by atoms with E-state index in [1.165, 1.54) is 5.39 Å². The van der Waals surface area contributed by atoms with Crippen LogP contribution in [0.1, 0.15) is 23.1 Å². The molecule has 1 aliphatic heterocycles. The minimum absolute atomic E-state index is 0.109. The summed E-state index contributed by atoms with van der Waals surface area (Å²) in [7, 11) is 0. The Balaban J connectivity index is 1.55. The maximum atomic E-state index is 12.9. The van der Waals surface area contributed by atoms with Gasteiger partial charge in [-0.15, -0.1) is 0 Å². The topological polar surface area (TPSA) is 58.2 Å². The van der Waals surface area contributed by atoms with Crippen LogP contribution in [0.3, 0.4) is 0 Å². The Bertz CT molecular complexity index is 903. The highest BCUT2D eigenvalue weighted by atomic mass is 16.5. The van der Waals surface area contributed by atoms with Crippen LogP contribution in [0.4, 0.5) is 0 Å². The second-order valence-corrected chi connectivity index (χ2v) is 6.49. The summed E-state index contributed by atoms with van der Waals surface area (Å²) in [6.45, 7) is 3.61. The Hall–Kier alpha value is -2.66. The zero-order valence-corrected chi connectivity index (χ0v) is 14.2. The summed E-state index contributed by atoms with van der Waals surface area (Å²) >= 11 is 0. The summed E-state index contributed by atoms with van der Waals surface area (Å²) in [5.41, 5.74) is 2.02. The predicted molar refractivity (Wildman–Crippen MR) is 96.2 cm³/mol. The van der Waals surface area contributed by atoms with Gasteiger partial charge in [0, 0.05) is 18.4 Å². The average molecular weight is 335 g/mol. The van der Waals surface area contributed by atoms with E-state index in [0.29, 0.717) is 26.2 Å². The molecular formula is C20H21N3O2. The number of benzene rings is 2. The van der Waals surface area contributed by atoms with E-state index in [2.05, 4.69) is 34.2 Å². The molecule has 0 saturated carbocycles. The average Bonchev–Trinajstić information content (AvgIpc) is 3.08. The number of fused-ring (bicyclic) bond motifs is 1. The van der Waals surface area contributed by atoms with E-state index in [1.54, 1.807) is 6.20 Å². The number of nitrogens with one attached hydrogen (secondary N) is 1. The molecule has 1 atom stereocenters.